The number of ether oxygens (including phenoxy) is 1. The van der Waals surface area contributed by atoms with Gasteiger partial charge in [-0.15, -0.1) is 0 Å². The van der Waals surface area contributed by atoms with Gasteiger partial charge in [0.1, 0.15) is 11.6 Å². The normalized spacial score (nSPS) is 15.1. The first kappa shape index (κ1) is 20.1. The SMILES string of the molecule is Cc1ccc(N(C(=O)C[C@H]2Oc3ccccc3NC2=O)c2nc3ccccc3s2)cc1F. The minimum absolute atomic E-state index is 0.231. The molecule has 0 radical (unpaired) electrons. The summed E-state index contributed by atoms with van der Waals surface area (Å²) in [4.78, 5) is 31.9. The quantitative estimate of drug-likeness (QED) is 0.467. The van der Waals surface area contributed by atoms with E-state index in [0.717, 1.165) is 10.2 Å². The predicted octanol–water partition coefficient (Wildman–Crippen LogP) is 5.20. The van der Waals surface area contributed by atoms with Crippen LogP contribution < -0.4 is 15.0 Å². The van der Waals surface area contributed by atoms with E-state index in [-0.39, 0.29) is 6.42 Å². The van der Waals surface area contributed by atoms with Crippen molar-refractivity contribution >= 4 is 49.9 Å². The Hall–Kier alpha value is -3.78. The van der Waals surface area contributed by atoms with Crippen molar-refractivity contribution in [3.05, 3.63) is 78.1 Å². The predicted molar refractivity (Wildman–Crippen MR) is 122 cm³/mol. The number of benzene rings is 3. The van der Waals surface area contributed by atoms with E-state index in [1.807, 2.05) is 24.3 Å². The monoisotopic (exact) mass is 447 g/mol. The maximum absolute atomic E-state index is 14.4. The number of para-hydroxylation sites is 3. The zero-order valence-corrected chi connectivity index (χ0v) is 17.9. The van der Waals surface area contributed by atoms with Gasteiger partial charge in [0, 0.05) is 0 Å². The van der Waals surface area contributed by atoms with Gasteiger partial charge >= 0.3 is 0 Å². The molecule has 0 saturated heterocycles. The van der Waals surface area contributed by atoms with E-state index in [9.17, 15) is 14.0 Å². The van der Waals surface area contributed by atoms with Crippen LogP contribution in [0.4, 0.5) is 20.9 Å². The van der Waals surface area contributed by atoms with E-state index in [2.05, 4.69) is 10.3 Å². The fraction of sp³-hybridized carbons (Fsp3) is 0.125. The van der Waals surface area contributed by atoms with E-state index < -0.39 is 23.7 Å². The Bertz CT molecular complexity index is 1320. The van der Waals surface area contributed by atoms with Gasteiger partial charge in [0.2, 0.25) is 5.91 Å². The molecule has 0 fully saturated rings. The van der Waals surface area contributed by atoms with Crippen LogP contribution in [-0.2, 0) is 9.59 Å². The molecule has 1 aliphatic heterocycles. The number of thiazole rings is 1. The fourth-order valence-electron chi connectivity index (χ4n) is 3.51. The summed E-state index contributed by atoms with van der Waals surface area (Å²) in [6.07, 6.45) is -1.24. The van der Waals surface area contributed by atoms with Crippen molar-refractivity contribution in [2.45, 2.75) is 19.4 Å². The molecule has 160 valence electrons. The first-order valence-electron chi connectivity index (χ1n) is 10.0. The molecule has 8 heteroatoms. The molecule has 2 heterocycles. The number of amides is 2. The third-order valence-corrected chi connectivity index (χ3v) is 6.23. The number of carbonyl (C=O) groups is 2. The lowest BCUT2D eigenvalue weighted by Gasteiger charge is -2.27. The van der Waals surface area contributed by atoms with Gasteiger partial charge in [-0.05, 0) is 48.9 Å². The number of rotatable bonds is 4. The molecule has 1 N–H and O–H groups in total. The summed E-state index contributed by atoms with van der Waals surface area (Å²) in [5, 5.41) is 3.16. The van der Waals surface area contributed by atoms with Gasteiger partial charge in [0.25, 0.3) is 5.91 Å². The van der Waals surface area contributed by atoms with Crippen molar-refractivity contribution in [3.63, 3.8) is 0 Å². The molecule has 0 bridgehead atoms. The molecule has 1 aliphatic rings. The average Bonchev–Trinajstić information content (AvgIpc) is 3.20. The summed E-state index contributed by atoms with van der Waals surface area (Å²) in [7, 11) is 0. The third kappa shape index (κ3) is 3.69. The smallest absolute Gasteiger partial charge is 0.266 e. The Kier molecular flexibility index (Phi) is 5.07. The molecular formula is C24H18FN3O3S. The summed E-state index contributed by atoms with van der Waals surface area (Å²) < 4.78 is 21.1. The maximum Gasteiger partial charge on any atom is 0.266 e. The molecule has 2 amide bonds. The minimum atomic E-state index is -1.01. The van der Waals surface area contributed by atoms with Gasteiger partial charge in [-0.25, -0.2) is 9.37 Å². The van der Waals surface area contributed by atoms with Gasteiger partial charge in [0.05, 0.1) is 28.0 Å². The number of nitrogens with one attached hydrogen (secondary N) is 1. The number of nitrogens with zero attached hydrogens (tertiary/aromatic N) is 2. The minimum Gasteiger partial charge on any atom is -0.478 e. The van der Waals surface area contributed by atoms with Crippen molar-refractivity contribution in [1.29, 1.82) is 0 Å². The standard InChI is InChI=1S/C24H18FN3O3S/c1-14-10-11-15(12-16(14)25)28(24-27-18-7-3-5-9-21(18)32-24)22(29)13-20-23(30)26-17-6-2-4-8-19(17)31-20/h2-12,20H,13H2,1H3,(H,26,30)/t20-/m1/s1. The summed E-state index contributed by atoms with van der Waals surface area (Å²) in [5.74, 6) is -0.761. The largest absolute Gasteiger partial charge is 0.478 e. The Morgan fingerprint density at radius 2 is 1.94 bits per heavy atom. The van der Waals surface area contributed by atoms with Crippen LogP contribution in [0.25, 0.3) is 10.2 Å². The van der Waals surface area contributed by atoms with Crippen molar-refractivity contribution in [2.75, 3.05) is 10.2 Å². The number of anilines is 3. The van der Waals surface area contributed by atoms with Crippen LogP contribution in [0, 0.1) is 12.7 Å². The Morgan fingerprint density at radius 3 is 2.75 bits per heavy atom. The molecule has 6 nitrogen and oxygen atoms in total. The molecule has 0 spiro atoms. The van der Waals surface area contributed by atoms with Gasteiger partial charge in [0.15, 0.2) is 11.2 Å². The molecular weight excluding hydrogens is 429 g/mol. The summed E-state index contributed by atoms with van der Waals surface area (Å²) in [6, 6.07) is 19.1. The highest BCUT2D eigenvalue weighted by atomic mass is 32.1. The second-order valence-electron chi connectivity index (χ2n) is 7.42. The second kappa shape index (κ2) is 8.05. The molecule has 5 rings (SSSR count). The summed E-state index contributed by atoms with van der Waals surface area (Å²) in [6.45, 7) is 1.65. The molecule has 32 heavy (non-hydrogen) atoms. The number of halogens is 1. The average molecular weight is 447 g/mol. The van der Waals surface area contributed by atoms with Crippen LogP contribution in [0.1, 0.15) is 12.0 Å². The van der Waals surface area contributed by atoms with Crippen molar-refractivity contribution in [3.8, 4) is 5.75 Å². The lowest BCUT2D eigenvalue weighted by Crippen LogP contribution is -2.41. The van der Waals surface area contributed by atoms with Crippen LogP contribution in [0.15, 0.2) is 66.7 Å². The van der Waals surface area contributed by atoms with Crippen molar-refractivity contribution in [1.82, 2.24) is 4.98 Å². The van der Waals surface area contributed by atoms with Gasteiger partial charge in [-0.3, -0.25) is 14.5 Å². The summed E-state index contributed by atoms with van der Waals surface area (Å²) >= 11 is 1.32. The molecule has 0 unspecified atom stereocenters. The summed E-state index contributed by atoms with van der Waals surface area (Å²) in [5.41, 5.74) is 2.11. The maximum atomic E-state index is 14.4. The zero-order valence-electron chi connectivity index (χ0n) is 17.0. The highest BCUT2D eigenvalue weighted by molar-refractivity contribution is 7.22. The van der Waals surface area contributed by atoms with Gasteiger partial charge in [-0.2, -0.15) is 0 Å². The molecule has 3 aromatic carbocycles. The van der Waals surface area contributed by atoms with Crippen LogP contribution in [0.5, 0.6) is 5.75 Å². The second-order valence-corrected chi connectivity index (χ2v) is 8.43. The van der Waals surface area contributed by atoms with E-state index in [1.165, 1.54) is 22.3 Å². The molecule has 0 aliphatic carbocycles. The van der Waals surface area contributed by atoms with E-state index in [0.29, 0.717) is 27.8 Å². The van der Waals surface area contributed by atoms with E-state index >= 15 is 0 Å². The van der Waals surface area contributed by atoms with Crippen molar-refractivity contribution < 1.29 is 18.7 Å². The molecule has 1 aromatic heterocycles. The fourth-order valence-corrected chi connectivity index (χ4v) is 4.52. The van der Waals surface area contributed by atoms with Crippen molar-refractivity contribution in [2.24, 2.45) is 0 Å². The van der Waals surface area contributed by atoms with Crippen LogP contribution in [0.3, 0.4) is 0 Å². The Balaban J connectivity index is 1.50. The lowest BCUT2D eigenvalue weighted by molar-refractivity contribution is -0.129. The highest BCUT2D eigenvalue weighted by Crippen LogP contribution is 2.36. The number of aryl methyl sites for hydroxylation is 1. The van der Waals surface area contributed by atoms with Crippen LogP contribution >= 0.6 is 11.3 Å². The number of carbonyl (C=O) groups excluding carboxylic acids is 2. The first-order chi connectivity index (χ1) is 15.5. The van der Waals surface area contributed by atoms with Gasteiger partial charge in [-0.1, -0.05) is 41.7 Å². The van der Waals surface area contributed by atoms with E-state index in [1.54, 1.807) is 43.3 Å². The topological polar surface area (TPSA) is 71.5 Å². The van der Waals surface area contributed by atoms with Crippen LogP contribution in [0.2, 0.25) is 0 Å². The zero-order chi connectivity index (χ0) is 22.2. The number of fused-ring (bicyclic) bond motifs is 2. The lowest BCUT2D eigenvalue weighted by atomic mass is 10.1. The van der Waals surface area contributed by atoms with Gasteiger partial charge < -0.3 is 10.1 Å². The molecule has 0 saturated carbocycles. The highest BCUT2D eigenvalue weighted by Gasteiger charge is 2.33. The third-order valence-electron chi connectivity index (χ3n) is 5.20. The first-order valence-corrected chi connectivity index (χ1v) is 10.8. The number of aromatic nitrogens is 1. The Labute approximate surface area is 187 Å². The molecule has 4 aromatic rings. The number of hydrogen-bond donors (Lipinski definition) is 1. The number of hydrogen-bond acceptors (Lipinski definition) is 5. The Morgan fingerprint density at radius 1 is 1.16 bits per heavy atom. The van der Waals surface area contributed by atoms with E-state index in [4.69, 9.17) is 4.74 Å². The van der Waals surface area contributed by atoms with Crippen LogP contribution in [-0.4, -0.2) is 22.9 Å². The molecule has 1 atom stereocenters.